The third-order valence-corrected chi connectivity index (χ3v) is 4.70. The van der Waals surface area contributed by atoms with Gasteiger partial charge in [-0.15, -0.1) is 11.3 Å². The summed E-state index contributed by atoms with van der Waals surface area (Å²) in [6.07, 6.45) is 3.86. The van der Waals surface area contributed by atoms with E-state index < -0.39 is 0 Å². The van der Waals surface area contributed by atoms with Crippen LogP contribution in [0.3, 0.4) is 0 Å². The lowest BCUT2D eigenvalue weighted by molar-refractivity contribution is -0.137. The van der Waals surface area contributed by atoms with E-state index in [1.165, 1.54) is 4.88 Å². The highest BCUT2D eigenvalue weighted by Crippen LogP contribution is 2.18. The molecule has 0 N–H and O–H groups in total. The molecule has 19 heavy (non-hydrogen) atoms. The highest BCUT2D eigenvalue weighted by molar-refractivity contribution is 7.09. The van der Waals surface area contributed by atoms with Gasteiger partial charge in [0.25, 0.3) is 0 Å². The molecule has 104 valence electrons. The number of carbonyl (C=O) groups excluding carboxylic acids is 2. The van der Waals surface area contributed by atoms with E-state index >= 15 is 0 Å². The van der Waals surface area contributed by atoms with Gasteiger partial charge in [-0.1, -0.05) is 13.0 Å². The Hall–Kier alpha value is -1.16. The van der Waals surface area contributed by atoms with Gasteiger partial charge >= 0.3 is 0 Å². The first-order valence-electron chi connectivity index (χ1n) is 7.03. The summed E-state index contributed by atoms with van der Waals surface area (Å²) in [7, 11) is 0. The highest BCUT2D eigenvalue weighted by atomic mass is 32.1. The summed E-state index contributed by atoms with van der Waals surface area (Å²) in [5, 5.41) is 2.07. The number of hydrogen-bond acceptors (Lipinski definition) is 3. The molecule has 0 bridgehead atoms. The Morgan fingerprint density at radius 2 is 2.37 bits per heavy atom. The van der Waals surface area contributed by atoms with Gasteiger partial charge in [0.1, 0.15) is 5.78 Å². The zero-order valence-corrected chi connectivity index (χ0v) is 12.2. The van der Waals surface area contributed by atoms with Gasteiger partial charge < -0.3 is 4.90 Å². The smallest absolute Gasteiger partial charge is 0.222 e. The number of ketones is 1. The third-order valence-electron chi connectivity index (χ3n) is 3.76. The van der Waals surface area contributed by atoms with Crippen molar-refractivity contribution in [3.05, 3.63) is 22.4 Å². The molecule has 1 saturated heterocycles. The first-order valence-corrected chi connectivity index (χ1v) is 7.91. The molecule has 1 unspecified atom stereocenters. The second-order valence-electron chi connectivity index (χ2n) is 5.09. The van der Waals surface area contributed by atoms with E-state index in [1.54, 1.807) is 11.3 Å². The molecule has 1 aromatic heterocycles. The minimum absolute atomic E-state index is 0.0648. The molecule has 1 fully saturated rings. The Labute approximate surface area is 118 Å². The maximum atomic E-state index is 12.1. The van der Waals surface area contributed by atoms with Gasteiger partial charge in [0.15, 0.2) is 0 Å². The number of nitrogens with zero attached hydrogens (tertiary/aromatic N) is 1. The van der Waals surface area contributed by atoms with Crippen LogP contribution in [0.5, 0.6) is 0 Å². The van der Waals surface area contributed by atoms with Crippen LogP contribution in [-0.2, 0) is 16.0 Å². The van der Waals surface area contributed by atoms with E-state index in [0.29, 0.717) is 31.7 Å². The van der Waals surface area contributed by atoms with E-state index in [9.17, 15) is 9.59 Å². The van der Waals surface area contributed by atoms with Crippen molar-refractivity contribution in [3.63, 3.8) is 0 Å². The number of carbonyl (C=O) groups is 2. The summed E-state index contributed by atoms with van der Waals surface area (Å²) in [5.74, 6) is 0.600. The Morgan fingerprint density at radius 3 is 3.05 bits per heavy atom. The molecule has 0 saturated carbocycles. The number of amides is 1. The van der Waals surface area contributed by atoms with Gasteiger partial charge in [0.2, 0.25) is 5.91 Å². The number of likely N-dealkylation sites (tertiary alicyclic amines) is 1. The molecular formula is C15H21NO2S. The van der Waals surface area contributed by atoms with Crippen LogP contribution in [0.25, 0.3) is 0 Å². The Bertz CT molecular complexity index is 427. The van der Waals surface area contributed by atoms with Crippen LogP contribution in [0.2, 0.25) is 0 Å². The number of rotatable bonds is 5. The molecule has 1 aliphatic rings. The van der Waals surface area contributed by atoms with Crippen molar-refractivity contribution in [3.8, 4) is 0 Å². The fourth-order valence-corrected chi connectivity index (χ4v) is 3.27. The van der Waals surface area contributed by atoms with E-state index in [2.05, 4.69) is 11.4 Å². The van der Waals surface area contributed by atoms with Crippen molar-refractivity contribution in [1.29, 1.82) is 0 Å². The lowest BCUT2D eigenvalue weighted by Crippen LogP contribution is -2.43. The predicted molar refractivity (Wildman–Crippen MR) is 77.2 cm³/mol. The third kappa shape index (κ3) is 3.90. The van der Waals surface area contributed by atoms with Crippen molar-refractivity contribution in [2.24, 2.45) is 5.92 Å². The summed E-state index contributed by atoms with van der Waals surface area (Å²) in [5.41, 5.74) is 0. The van der Waals surface area contributed by atoms with Crippen LogP contribution in [0, 0.1) is 5.92 Å². The fourth-order valence-electron chi connectivity index (χ4n) is 2.52. The molecule has 1 aliphatic heterocycles. The summed E-state index contributed by atoms with van der Waals surface area (Å²) in [4.78, 5) is 27.0. The van der Waals surface area contributed by atoms with Crippen molar-refractivity contribution in [2.75, 3.05) is 13.1 Å². The number of hydrogen-bond donors (Lipinski definition) is 0. The van der Waals surface area contributed by atoms with Gasteiger partial charge in [-0.3, -0.25) is 9.59 Å². The van der Waals surface area contributed by atoms with Crippen molar-refractivity contribution < 1.29 is 9.59 Å². The van der Waals surface area contributed by atoms with Crippen molar-refractivity contribution >= 4 is 23.0 Å². The maximum Gasteiger partial charge on any atom is 0.222 e. The number of thiophene rings is 1. The van der Waals surface area contributed by atoms with Gasteiger partial charge in [-0.25, -0.2) is 0 Å². The number of Topliss-reactive ketones (excluding diaryl/α,β-unsaturated/α-hetero) is 1. The average molecular weight is 279 g/mol. The lowest BCUT2D eigenvalue weighted by Gasteiger charge is -2.31. The second-order valence-corrected chi connectivity index (χ2v) is 6.13. The van der Waals surface area contributed by atoms with Crippen LogP contribution in [0.15, 0.2) is 17.5 Å². The second kappa shape index (κ2) is 6.85. The summed E-state index contributed by atoms with van der Waals surface area (Å²) >= 11 is 1.74. The molecular weight excluding hydrogens is 258 g/mol. The molecule has 3 nitrogen and oxygen atoms in total. The molecule has 0 radical (unpaired) electrons. The normalized spacial score (nSPS) is 19.7. The topological polar surface area (TPSA) is 37.4 Å². The van der Waals surface area contributed by atoms with Gasteiger partial charge in [-0.05, 0) is 30.7 Å². The van der Waals surface area contributed by atoms with E-state index in [1.807, 2.05) is 17.9 Å². The minimum atomic E-state index is 0.0648. The quantitative estimate of drug-likeness (QED) is 0.831. The average Bonchev–Trinajstić information content (AvgIpc) is 2.92. The Morgan fingerprint density at radius 1 is 1.53 bits per heavy atom. The van der Waals surface area contributed by atoms with Crippen LogP contribution >= 0.6 is 11.3 Å². The first kappa shape index (κ1) is 14.3. The monoisotopic (exact) mass is 279 g/mol. The molecule has 1 aromatic rings. The summed E-state index contributed by atoms with van der Waals surface area (Å²) < 4.78 is 0. The molecule has 0 spiro atoms. The molecule has 2 rings (SSSR count). The standard InChI is InChI=1S/C15H21NO2S/c1-2-12-11-16(9-8-14(12)17)15(18)7-3-5-13-6-4-10-19-13/h4,6,10,12H,2-3,5,7-9,11H2,1H3. The van der Waals surface area contributed by atoms with Crippen LogP contribution in [0.4, 0.5) is 0 Å². The van der Waals surface area contributed by atoms with E-state index in [4.69, 9.17) is 0 Å². The van der Waals surface area contributed by atoms with Crippen LogP contribution in [0.1, 0.15) is 37.5 Å². The van der Waals surface area contributed by atoms with Crippen LogP contribution in [-0.4, -0.2) is 29.7 Å². The number of piperidine rings is 1. The maximum absolute atomic E-state index is 12.1. The van der Waals surface area contributed by atoms with Gasteiger partial charge in [0.05, 0.1) is 0 Å². The van der Waals surface area contributed by atoms with Crippen molar-refractivity contribution in [2.45, 2.75) is 39.0 Å². The van der Waals surface area contributed by atoms with Crippen molar-refractivity contribution in [1.82, 2.24) is 4.90 Å². The summed E-state index contributed by atoms with van der Waals surface area (Å²) in [6.45, 7) is 3.27. The molecule has 0 aliphatic carbocycles. The molecule has 1 atom stereocenters. The molecule has 2 heterocycles. The van der Waals surface area contributed by atoms with Gasteiger partial charge in [0, 0.05) is 36.7 Å². The predicted octanol–water partition coefficient (Wildman–Crippen LogP) is 2.90. The fraction of sp³-hybridized carbons (Fsp3) is 0.600. The highest BCUT2D eigenvalue weighted by Gasteiger charge is 2.27. The zero-order chi connectivity index (χ0) is 13.7. The molecule has 0 aromatic carbocycles. The molecule has 1 amide bonds. The molecule has 4 heteroatoms. The van der Waals surface area contributed by atoms with E-state index in [0.717, 1.165) is 19.3 Å². The Balaban J connectivity index is 1.75. The van der Waals surface area contributed by atoms with Gasteiger partial charge in [-0.2, -0.15) is 0 Å². The minimum Gasteiger partial charge on any atom is -0.342 e. The summed E-state index contributed by atoms with van der Waals surface area (Å²) in [6, 6.07) is 4.16. The van der Waals surface area contributed by atoms with E-state index in [-0.39, 0.29) is 11.8 Å². The first-order chi connectivity index (χ1) is 9.20. The lowest BCUT2D eigenvalue weighted by atomic mass is 9.94. The van der Waals surface area contributed by atoms with Crippen LogP contribution < -0.4 is 0 Å². The SMILES string of the molecule is CCC1CN(C(=O)CCCc2cccs2)CCC1=O. The largest absolute Gasteiger partial charge is 0.342 e. The zero-order valence-electron chi connectivity index (χ0n) is 11.4. The Kier molecular flexibility index (Phi) is 5.14. The number of aryl methyl sites for hydroxylation is 1.